The highest BCUT2D eigenvalue weighted by Gasteiger charge is 2.17. The molecule has 19 heavy (non-hydrogen) atoms. The summed E-state index contributed by atoms with van der Waals surface area (Å²) < 4.78 is 10.4. The molecule has 0 bridgehead atoms. The molecular formula is C11H10N6O2. The Morgan fingerprint density at radius 2 is 2.00 bits per heavy atom. The van der Waals surface area contributed by atoms with E-state index >= 15 is 0 Å². The van der Waals surface area contributed by atoms with Crippen molar-refractivity contribution in [3.8, 4) is 23.3 Å². The van der Waals surface area contributed by atoms with E-state index in [1.807, 2.05) is 18.2 Å². The predicted octanol–water partition coefficient (Wildman–Crippen LogP) is 0.827. The third kappa shape index (κ3) is 1.82. The molecule has 0 radical (unpaired) electrons. The largest absolute Gasteiger partial charge is 0.496 e. The van der Waals surface area contributed by atoms with Crippen molar-refractivity contribution in [1.82, 2.24) is 30.6 Å². The topological polar surface area (TPSA) is 98.7 Å². The van der Waals surface area contributed by atoms with Crippen molar-refractivity contribution in [3.63, 3.8) is 0 Å². The van der Waals surface area contributed by atoms with E-state index in [-0.39, 0.29) is 6.01 Å². The normalized spacial score (nSPS) is 10.6. The minimum absolute atomic E-state index is 0.237. The van der Waals surface area contributed by atoms with Gasteiger partial charge in [-0.05, 0) is 17.3 Å². The van der Waals surface area contributed by atoms with Crippen LogP contribution in [0.4, 0.5) is 0 Å². The predicted molar refractivity (Wildman–Crippen MR) is 65.8 cm³/mol. The van der Waals surface area contributed by atoms with Gasteiger partial charge in [0.15, 0.2) is 0 Å². The van der Waals surface area contributed by atoms with E-state index < -0.39 is 0 Å². The van der Waals surface area contributed by atoms with E-state index in [1.165, 1.54) is 7.11 Å². The zero-order valence-corrected chi connectivity index (χ0v) is 10.3. The first-order chi connectivity index (χ1) is 9.33. The van der Waals surface area contributed by atoms with Crippen LogP contribution in [0.25, 0.3) is 22.4 Å². The standard InChI is InChI=1S/C11H10N6O2/c1-18-7-5-3-4-6-8(7)9(10-14-16-17-15-10)13-11(12-6)19-2/h3-5H,1-2H3,(H,14,15,16,17). The second-order valence-electron chi connectivity index (χ2n) is 3.65. The van der Waals surface area contributed by atoms with Crippen molar-refractivity contribution in [2.45, 2.75) is 0 Å². The van der Waals surface area contributed by atoms with Crippen molar-refractivity contribution in [2.75, 3.05) is 14.2 Å². The van der Waals surface area contributed by atoms with Gasteiger partial charge in [-0.15, -0.1) is 10.2 Å². The summed E-state index contributed by atoms with van der Waals surface area (Å²) in [7, 11) is 3.08. The molecule has 0 amide bonds. The highest BCUT2D eigenvalue weighted by Crippen LogP contribution is 2.32. The van der Waals surface area contributed by atoms with E-state index in [0.717, 1.165) is 0 Å². The fourth-order valence-electron chi connectivity index (χ4n) is 1.82. The summed E-state index contributed by atoms with van der Waals surface area (Å²) in [6.45, 7) is 0. The summed E-state index contributed by atoms with van der Waals surface area (Å²) in [6.07, 6.45) is 0. The van der Waals surface area contributed by atoms with Gasteiger partial charge in [-0.3, -0.25) is 0 Å². The Labute approximate surface area is 107 Å². The minimum Gasteiger partial charge on any atom is -0.496 e. The Morgan fingerprint density at radius 1 is 1.11 bits per heavy atom. The van der Waals surface area contributed by atoms with Gasteiger partial charge in [-0.2, -0.15) is 15.2 Å². The third-order valence-corrected chi connectivity index (χ3v) is 2.62. The van der Waals surface area contributed by atoms with Crippen molar-refractivity contribution >= 4 is 10.9 Å². The van der Waals surface area contributed by atoms with E-state index in [9.17, 15) is 0 Å². The number of hydrogen-bond donors (Lipinski definition) is 1. The van der Waals surface area contributed by atoms with Gasteiger partial charge in [0.1, 0.15) is 11.4 Å². The van der Waals surface area contributed by atoms with E-state index in [1.54, 1.807) is 7.11 Å². The second kappa shape index (κ2) is 4.48. The van der Waals surface area contributed by atoms with Crippen LogP contribution in [-0.4, -0.2) is 44.8 Å². The summed E-state index contributed by atoms with van der Waals surface area (Å²) >= 11 is 0. The molecule has 0 aliphatic carbocycles. The summed E-state index contributed by atoms with van der Waals surface area (Å²) in [4.78, 5) is 8.55. The molecule has 1 aromatic carbocycles. The smallest absolute Gasteiger partial charge is 0.317 e. The number of nitrogens with zero attached hydrogens (tertiary/aromatic N) is 5. The number of ether oxygens (including phenoxy) is 2. The average molecular weight is 258 g/mol. The molecule has 0 aliphatic rings. The number of rotatable bonds is 3. The monoisotopic (exact) mass is 258 g/mol. The van der Waals surface area contributed by atoms with Gasteiger partial charge in [0, 0.05) is 0 Å². The van der Waals surface area contributed by atoms with Gasteiger partial charge in [0.05, 0.1) is 25.1 Å². The Balaban J connectivity index is 2.39. The van der Waals surface area contributed by atoms with Crippen molar-refractivity contribution in [1.29, 1.82) is 0 Å². The molecule has 0 saturated carbocycles. The van der Waals surface area contributed by atoms with Crippen LogP contribution in [0.5, 0.6) is 11.8 Å². The minimum atomic E-state index is 0.237. The number of benzene rings is 1. The Kier molecular flexibility index (Phi) is 2.67. The molecule has 0 fully saturated rings. The number of aromatic nitrogens is 6. The molecule has 0 aliphatic heterocycles. The van der Waals surface area contributed by atoms with Crippen LogP contribution in [0.3, 0.4) is 0 Å². The molecule has 1 N–H and O–H groups in total. The molecule has 8 heteroatoms. The SMILES string of the molecule is COc1nc(-c2nn[nH]n2)c2c(OC)cccc2n1. The number of nitrogens with one attached hydrogen (secondary N) is 1. The summed E-state index contributed by atoms with van der Waals surface area (Å²) in [5, 5.41) is 14.5. The second-order valence-corrected chi connectivity index (χ2v) is 3.65. The molecular weight excluding hydrogens is 248 g/mol. The number of hydrogen-bond acceptors (Lipinski definition) is 7. The fourth-order valence-corrected chi connectivity index (χ4v) is 1.82. The van der Waals surface area contributed by atoms with Gasteiger partial charge < -0.3 is 9.47 Å². The first-order valence-corrected chi connectivity index (χ1v) is 5.46. The Morgan fingerprint density at radius 3 is 2.68 bits per heavy atom. The van der Waals surface area contributed by atoms with Crippen LogP contribution in [0.2, 0.25) is 0 Å². The Hall–Kier alpha value is -2.77. The zero-order valence-electron chi connectivity index (χ0n) is 10.3. The van der Waals surface area contributed by atoms with Gasteiger partial charge in [-0.25, -0.2) is 0 Å². The number of H-pyrrole nitrogens is 1. The average Bonchev–Trinajstić information content (AvgIpc) is 2.99. The lowest BCUT2D eigenvalue weighted by Crippen LogP contribution is -1.98. The van der Waals surface area contributed by atoms with Gasteiger partial charge in [0.2, 0.25) is 5.82 Å². The highest BCUT2D eigenvalue weighted by molar-refractivity contribution is 5.95. The fraction of sp³-hybridized carbons (Fsp3) is 0.182. The number of tetrazole rings is 1. The van der Waals surface area contributed by atoms with Gasteiger partial charge >= 0.3 is 6.01 Å². The van der Waals surface area contributed by atoms with E-state index in [2.05, 4.69) is 30.6 Å². The lowest BCUT2D eigenvalue weighted by atomic mass is 10.1. The van der Waals surface area contributed by atoms with Crippen LogP contribution in [0.15, 0.2) is 18.2 Å². The van der Waals surface area contributed by atoms with E-state index in [4.69, 9.17) is 9.47 Å². The van der Waals surface area contributed by atoms with Crippen LogP contribution >= 0.6 is 0 Å². The van der Waals surface area contributed by atoms with Crippen LogP contribution in [0.1, 0.15) is 0 Å². The molecule has 8 nitrogen and oxygen atoms in total. The molecule has 0 saturated heterocycles. The number of aromatic amines is 1. The molecule has 96 valence electrons. The first-order valence-electron chi connectivity index (χ1n) is 5.46. The summed E-state index contributed by atoms with van der Waals surface area (Å²) in [5.41, 5.74) is 1.19. The third-order valence-electron chi connectivity index (χ3n) is 2.62. The first kappa shape index (κ1) is 11.3. The van der Waals surface area contributed by atoms with Crippen LogP contribution in [-0.2, 0) is 0 Å². The Bertz CT molecular complexity index is 713. The quantitative estimate of drug-likeness (QED) is 0.742. The van der Waals surface area contributed by atoms with Crippen molar-refractivity contribution < 1.29 is 9.47 Å². The van der Waals surface area contributed by atoms with Crippen LogP contribution in [0, 0.1) is 0 Å². The van der Waals surface area contributed by atoms with Crippen molar-refractivity contribution in [2.24, 2.45) is 0 Å². The highest BCUT2D eigenvalue weighted by atomic mass is 16.5. The lowest BCUT2D eigenvalue weighted by Gasteiger charge is -2.08. The molecule has 2 heterocycles. The molecule has 0 unspecified atom stereocenters. The molecule has 0 spiro atoms. The summed E-state index contributed by atoms with van der Waals surface area (Å²) in [5.74, 6) is 0.996. The van der Waals surface area contributed by atoms with Gasteiger partial charge in [-0.1, -0.05) is 6.07 Å². The molecule has 0 atom stereocenters. The number of methoxy groups -OCH3 is 2. The zero-order chi connectivity index (χ0) is 13.2. The molecule has 3 rings (SSSR count). The van der Waals surface area contributed by atoms with Crippen LogP contribution < -0.4 is 9.47 Å². The molecule has 3 aromatic rings. The number of fused-ring (bicyclic) bond motifs is 1. The van der Waals surface area contributed by atoms with E-state index in [0.29, 0.717) is 28.2 Å². The maximum absolute atomic E-state index is 5.33. The molecule has 2 aromatic heterocycles. The maximum atomic E-state index is 5.33. The lowest BCUT2D eigenvalue weighted by molar-refractivity contribution is 0.382. The van der Waals surface area contributed by atoms with Crippen molar-refractivity contribution in [3.05, 3.63) is 18.2 Å². The maximum Gasteiger partial charge on any atom is 0.317 e. The summed E-state index contributed by atoms with van der Waals surface area (Å²) in [6, 6.07) is 5.74. The van der Waals surface area contributed by atoms with Gasteiger partial charge in [0.25, 0.3) is 0 Å².